The Kier molecular flexibility index (Phi) is 3.12. The topological polar surface area (TPSA) is 70.7 Å². The van der Waals surface area contributed by atoms with Crippen molar-refractivity contribution in [3.05, 3.63) is 33.5 Å². The van der Waals surface area contributed by atoms with E-state index in [9.17, 15) is 4.79 Å². The molecule has 3 rings (SSSR count). The van der Waals surface area contributed by atoms with Crippen molar-refractivity contribution >= 4 is 17.2 Å². The first-order valence-corrected chi connectivity index (χ1v) is 7.64. The van der Waals surface area contributed by atoms with E-state index >= 15 is 0 Å². The second-order valence-electron chi connectivity index (χ2n) is 5.86. The maximum Gasteiger partial charge on any atom is 0.272 e. The van der Waals surface area contributed by atoms with Gasteiger partial charge in [-0.3, -0.25) is 9.89 Å². The minimum Gasteiger partial charge on any atom is -0.339 e. The molecule has 2 heterocycles. The predicted molar refractivity (Wildman–Crippen MR) is 77.9 cm³/mol. The molecule has 1 amide bonds. The Morgan fingerprint density at radius 2 is 2.25 bits per heavy atom. The Balaban J connectivity index is 1.73. The van der Waals surface area contributed by atoms with Crippen molar-refractivity contribution < 1.29 is 4.79 Å². The van der Waals surface area contributed by atoms with Crippen LogP contribution in [0.15, 0.2) is 11.4 Å². The summed E-state index contributed by atoms with van der Waals surface area (Å²) < 4.78 is 0. The molecule has 2 aromatic heterocycles. The number of carbonyl (C=O) groups is 1. The monoisotopic (exact) mass is 290 g/mol. The fourth-order valence-corrected chi connectivity index (χ4v) is 2.98. The minimum absolute atomic E-state index is 0.161. The first-order chi connectivity index (χ1) is 9.45. The number of nitrogens with one attached hydrogen (secondary N) is 2. The number of aromatic amines is 1. The van der Waals surface area contributed by atoms with Gasteiger partial charge in [-0.25, -0.2) is 4.98 Å². The van der Waals surface area contributed by atoms with Gasteiger partial charge in [-0.15, -0.1) is 11.3 Å². The van der Waals surface area contributed by atoms with Crippen molar-refractivity contribution in [3.63, 3.8) is 0 Å². The summed E-state index contributed by atoms with van der Waals surface area (Å²) in [5.41, 5.74) is 2.00. The van der Waals surface area contributed by atoms with Crippen LogP contribution in [0, 0.1) is 6.92 Å². The second kappa shape index (κ2) is 4.70. The predicted octanol–water partition coefficient (Wildman–Crippen LogP) is 2.72. The van der Waals surface area contributed by atoms with Crippen molar-refractivity contribution in [2.75, 3.05) is 0 Å². The molecule has 0 bridgehead atoms. The number of hydrogen-bond donors (Lipinski definition) is 2. The number of hydrogen-bond acceptors (Lipinski definition) is 4. The van der Waals surface area contributed by atoms with Crippen molar-refractivity contribution in [2.45, 2.75) is 45.1 Å². The molecule has 0 atom stereocenters. The molecule has 0 radical (unpaired) electrons. The summed E-state index contributed by atoms with van der Waals surface area (Å²) in [6.07, 6.45) is 2.38. The zero-order chi connectivity index (χ0) is 14.3. The number of rotatable bonds is 4. The number of H-pyrrole nitrogens is 1. The van der Waals surface area contributed by atoms with Gasteiger partial charge < -0.3 is 5.32 Å². The van der Waals surface area contributed by atoms with Gasteiger partial charge in [0.15, 0.2) is 0 Å². The molecule has 0 aromatic carbocycles. The smallest absolute Gasteiger partial charge is 0.272 e. The van der Waals surface area contributed by atoms with Crippen LogP contribution in [0.25, 0.3) is 0 Å². The quantitative estimate of drug-likeness (QED) is 0.909. The molecule has 2 aromatic rings. The third kappa shape index (κ3) is 2.60. The zero-order valence-electron chi connectivity index (χ0n) is 11.9. The maximum absolute atomic E-state index is 12.3. The lowest BCUT2D eigenvalue weighted by Crippen LogP contribution is -2.41. The third-order valence-electron chi connectivity index (χ3n) is 3.43. The van der Waals surface area contributed by atoms with Crippen molar-refractivity contribution in [1.82, 2.24) is 20.5 Å². The second-order valence-corrected chi connectivity index (χ2v) is 6.71. The van der Waals surface area contributed by atoms with Crippen LogP contribution in [-0.2, 0) is 5.54 Å². The Bertz CT molecular complexity index is 639. The third-order valence-corrected chi connectivity index (χ3v) is 4.71. The van der Waals surface area contributed by atoms with Crippen LogP contribution in [0.3, 0.4) is 0 Å². The highest BCUT2D eigenvalue weighted by molar-refractivity contribution is 7.09. The van der Waals surface area contributed by atoms with Crippen molar-refractivity contribution in [1.29, 1.82) is 0 Å². The Morgan fingerprint density at radius 3 is 2.85 bits per heavy atom. The van der Waals surface area contributed by atoms with Gasteiger partial charge in [-0.1, -0.05) is 0 Å². The fraction of sp³-hybridized carbons (Fsp3) is 0.500. The van der Waals surface area contributed by atoms with Gasteiger partial charge in [0.2, 0.25) is 0 Å². The van der Waals surface area contributed by atoms with Crippen LogP contribution in [0.4, 0.5) is 0 Å². The molecule has 0 saturated heterocycles. The molecular formula is C14H18N4OS. The minimum atomic E-state index is -0.491. The van der Waals surface area contributed by atoms with Gasteiger partial charge in [-0.2, -0.15) is 5.10 Å². The van der Waals surface area contributed by atoms with Crippen LogP contribution in [0.5, 0.6) is 0 Å². The molecule has 0 unspecified atom stereocenters. The first-order valence-electron chi connectivity index (χ1n) is 6.76. The zero-order valence-corrected chi connectivity index (χ0v) is 12.7. The number of nitrogens with zero attached hydrogens (tertiary/aromatic N) is 2. The highest BCUT2D eigenvalue weighted by atomic mass is 32.1. The average Bonchev–Trinajstić information content (AvgIpc) is 2.93. The lowest BCUT2D eigenvalue weighted by Gasteiger charge is -2.23. The van der Waals surface area contributed by atoms with Crippen molar-refractivity contribution in [3.8, 4) is 0 Å². The van der Waals surface area contributed by atoms with E-state index in [1.807, 2.05) is 32.2 Å². The molecule has 0 spiro atoms. The molecule has 2 N–H and O–H groups in total. The van der Waals surface area contributed by atoms with E-state index in [0.29, 0.717) is 11.6 Å². The molecule has 5 nitrogen and oxygen atoms in total. The Morgan fingerprint density at radius 1 is 1.50 bits per heavy atom. The molecule has 1 aliphatic rings. The number of aryl methyl sites for hydroxylation is 1. The van der Waals surface area contributed by atoms with Crippen LogP contribution >= 0.6 is 11.3 Å². The normalized spacial score (nSPS) is 15.3. The average molecular weight is 290 g/mol. The van der Waals surface area contributed by atoms with E-state index in [0.717, 1.165) is 16.4 Å². The van der Waals surface area contributed by atoms with E-state index in [4.69, 9.17) is 0 Å². The van der Waals surface area contributed by atoms with Crippen LogP contribution in [0.1, 0.15) is 59.5 Å². The molecule has 20 heavy (non-hydrogen) atoms. The lowest BCUT2D eigenvalue weighted by molar-refractivity contribution is 0.0906. The van der Waals surface area contributed by atoms with Crippen molar-refractivity contribution in [2.24, 2.45) is 0 Å². The molecule has 1 aliphatic carbocycles. The SMILES string of the molecule is Cc1csc(C(C)(C)NC(=O)c2cc(C3CC3)[nH]n2)n1. The van der Waals surface area contributed by atoms with E-state index in [1.54, 1.807) is 11.3 Å². The Hall–Kier alpha value is -1.69. The van der Waals surface area contributed by atoms with Gasteiger partial charge in [0.1, 0.15) is 10.7 Å². The van der Waals surface area contributed by atoms with Gasteiger partial charge in [0.25, 0.3) is 5.91 Å². The summed E-state index contributed by atoms with van der Waals surface area (Å²) >= 11 is 1.56. The summed E-state index contributed by atoms with van der Waals surface area (Å²) in [5, 5.41) is 13.0. The number of thiazole rings is 1. The van der Waals surface area contributed by atoms with Gasteiger partial charge in [0.05, 0.1) is 5.54 Å². The molecule has 106 valence electrons. The molecule has 0 aliphatic heterocycles. The molecule has 1 fully saturated rings. The number of aromatic nitrogens is 3. The first kappa shape index (κ1) is 13.3. The summed E-state index contributed by atoms with van der Waals surface area (Å²) in [5.74, 6) is 0.407. The standard InChI is InChI=1S/C14H18N4OS/c1-8-7-20-13(15-8)14(2,3)16-12(19)11-6-10(17-18-11)9-4-5-9/h6-7,9H,4-5H2,1-3H3,(H,16,19)(H,17,18). The largest absolute Gasteiger partial charge is 0.339 e. The van der Waals surface area contributed by atoms with Gasteiger partial charge in [-0.05, 0) is 39.7 Å². The highest BCUT2D eigenvalue weighted by Gasteiger charge is 2.29. The van der Waals surface area contributed by atoms with Gasteiger partial charge >= 0.3 is 0 Å². The van der Waals surface area contributed by atoms with Crippen LogP contribution in [0.2, 0.25) is 0 Å². The number of carbonyl (C=O) groups excluding carboxylic acids is 1. The van der Waals surface area contributed by atoms with E-state index in [2.05, 4.69) is 20.5 Å². The van der Waals surface area contributed by atoms with Crippen LogP contribution < -0.4 is 5.32 Å². The van der Waals surface area contributed by atoms with Gasteiger partial charge in [0, 0.05) is 22.7 Å². The molecular weight excluding hydrogens is 272 g/mol. The summed E-state index contributed by atoms with van der Waals surface area (Å²) in [6.45, 7) is 5.86. The summed E-state index contributed by atoms with van der Waals surface area (Å²) in [6, 6.07) is 1.86. The summed E-state index contributed by atoms with van der Waals surface area (Å²) in [7, 11) is 0. The van der Waals surface area contributed by atoms with E-state index in [1.165, 1.54) is 12.8 Å². The summed E-state index contributed by atoms with van der Waals surface area (Å²) in [4.78, 5) is 16.7. The number of amides is 1. The highest BCUT2D eigenvalue weighted by Crippen LogP contribution is 2.39. The molecule has 1 saturated carbocycles. The molecule has 6 heteroatoms. The fourth-order valence-electron chi connectivity index (χ4n) is 2.10. The lowest BCUT2D eigenvalue weighted by atomic mass is 10.1. The maximum atomic E-state index is 12.3. The van der Waals surface area contributed by atoms with Crippen LogP contribution in [-0.4, -0.2) is 21.1 Å². The van der Waals surface area contributed by atoms with E-state index in [-0.39, 0.29) is 5.91 Å². The van der Waals surface area contributed by atoms with E-state index < -0.39 is 5.54 Å². The Labute approximate surface area is 121 Å².